The maximum Gasteiger partial charge on any atom is 0.231 e. The first kappa shape index (κ1) is 15.3. The number of nitrogens with one attached hydrogen (secondary N) is 1. The fraction of sp³-hybridized carbons (Fsp3) is 0.941. The summed E-state index contributed by atoms with van der Waals surface area (Å²) in [6.07, 6.45) is 8.53. The molecular formula is C17H30N2O2. The molecule has 0 aromatic rings. The van der Waals surface area contributed by atoms with Crippen LogP contribution in [0.3, 0.4) is 0 Å². The molecule has 3 aliphatic rings. The number of rotatable bonds is 3. The van der Waals surface area contributed by atoms with E-state index >= 15 is 0 Å². The zero-order chi connectivity index (χ0) is 14.7. The SMILES string of the molecule is COCC1(C(=O)N2CCC3CCCCC3C2)CCNCC1. The molecule has 4 heteroatoms. The van der Waals surface area contributed by atoms with Crippen molar-refractivity contribution >= 4 is 5.91 Å². The van der Waals surface area contributed by atoms with Gasteiger partial charge in [-0.05, 0) is 50.6 Å². The Morgan fingerprint density at radius 2 is 1.90 bits per heavy atom. The molecule has 0 bridgehead atoms. The molecule has 120 valence electrons. The summed E-state index contributed by atoms with van der Waals surface area (Å²) in [7, 11) is 1.73. The lowest BCUT2D eigenvalue weighted by molar-refractivity contribution is -0.150. The van der Waals surface area contributed by atoms with Crippen LogP contribution in [0.4, 0.5) is 0 Å². The van der Waals surface area contributed by atoms with Gasteiger partial charge >= 0.3 is 0 Å². The molecule has 1 N–H and O–H groups in total. The van der Waals surface area contributed by atoms with Crippen molar-refractivity contribution in [1.29, 1.82) is 0 Å². The molecule has 1 amide bonds. The van der Waals surface area contributed by atoms with Gasteiger partial charge in [0.05, 0.1) is 12.0 Å². The highest BCUT2D eigenvalue weighted by atomic mass is 16.5. The summed E-state index contributed by atoms with van der Waals surface area (Å²) >= 11 is 0. The van der Waals surface area contributed by atoms with Gasteiger partial charge in [-0.2, -0.15) is 0 Å². The van der Waals surface area contributed by atoms with Crippen LogP contribution in [0.2, 0.25) is 0 Å². The second kappa shape index (κ2) is 6.66. The summed E-state index contributed by atoms with van der Waals surface area (Å²) < 4.78 is 5.43. The number of amides is 1. The summed E-state index contributed by atoms with van der Waals surface area (Å²) in [4.78, 5) is 15.3. The van der Waals surface area contributed by atoms with Gasteiger partial charge in [-0.25, -0.2) is 0 Å². The number of ether oxygens (including phenoxy) is 1. The molecule has 0 spiro atoms. The lowest BCUT2D eigenvalue weighted by Crippen LogP contribution is -2.55. The zero-order valence-corrected chi connectivity index (χ0v) is 13.4. The van der Waals surface area contributed by atoms with Gasteiger partial charge in [0, 0.05) is 20.2 Å². The summed E-state index contributed by atoms with van der Waals surface area (Å²) in [5.74, 6) is 2.02. The highest BCUT2D eigenvalue weighted by Gasteiger charge is 2.44. The molecule has 3 rings (SSSR count). The fourth-order valence-electron chi connectivity index (χ4n) is 4.72. The second-order valence-electron chi connectivity index (χ2n) is 7.31. The van der Waals surface area contributed by atoms with Crippen LogP contribution in [0.15, 0.2) is 0 Å². The molecule has 1 saturated carbocycles. The number of nitrogens with zero attached hydrogens (tertiary/aromatic N) is 1. The van der Waals surface area contributed by atoms with Gasteiger partial charge in [-0.3, -0.25) is 4.79 Å². The minimum absolute atomic E-state index is 0.262. The van der Waals surface area contributed by atoms with Crippen LogP contribution in [0, 0.1) is 17.3 Å². The summed E-state index contributed by atoms with van der Waals surface area (Å²) in [6, 6.07) is 0. The predicted octanol–water partition coefficient (Wildman–Crippen LogP) is 2.04. The summed E-state index contributed by atoms with van der Waals surface area (Å²) in [5, 5.41) is 3.37. The smallest absolute Gasteiger partial charge is 0.231 e. The molecule has 0 aromatic heterocycles. The predicted molar refractivity (Wildman–Crippen MR) is 83.1 cm³/mol. The average molecular weight is 294 g/mol. The molecule has 2 unspecified atom stereocenters. The lowest BCUT2D eigenvalue weighted by Gasteiger charge is -2.45. The number of carbonyl (C=O) groups excluding carboxylic acids is 1. The first-order valence-corrected chi connectivity index (χ1v) is 8.74. The van der Waals surface area contributed by atoms with Crippen LogP contribution in [0.1, 0.15) is 44.9 Å². The monoisotopic (exact) mass is 294 g/mol. The molecule has 2 atom stereocenters. The number of likely N-dealkylation sites (tertiary alicyclic amines) is 1. The number of hydrogen-bond donors (Lipinski definition) is 1. The van der Waals surface area contributed by atoms with Crippen molar-refractivity contribution in [2.75, 3.05) is 39.9 Å². The Hall–Kier alpha value is -0.610. The summed E-state index contributed by atoms with van der Waals surface area (Å²) in [5.41, 5.74) is -0.262. The Balaban J connectivity index is 1.68. The van der Waals surface area contributed by atoms with Gasteiger partial charge in [0.1, 0.15) is 0 Å². The largest absolute Gasteiger partial charge is 0.384 e. The van der Waals surface area contributed by atoms with Crippen LogP contribution in [-0.4, -0.2) is 50.7 Å². The Morgan fingerprint density at radius 1 is 1.19 bits per heavy atom. The lowest BCUT2D eigenvalue weighted by atomic mass is 9.73. The molecule has 2 aliphatic heterocycles. The van der Waals surface area contributed by atoms with Gasteiger partial charge in [0.15, 0.2) is 0 Å². The average Bonchev–Trinajstić information content (AvgIpc) is 2.55. The number of methoxy groups -OCH3 is 1. The van der Waals surface area contributed by atoms with Crippen molar-refractivity contribution in [2.24, 2.45) is 17.3 Å². The first-order valence-electron chi connectivity index (χ1n) is 8.74. The molecule has 2 heterocycles. The maximum atomic E-state index is 13.2. The van der Waals surface area contributed by atoms with E-state index in [0.29, 0.717) is 12.5 Å². The standard InChI is InChI=1S/C17H30N2O2/c1-21-13-17(7-9-18-10-8-17)16(20)19-11-6-14-4-2-3-5-15(14)12-19/h14-15,18H,2-13H2,1H3. The third kappa shape index (κ3) is 3.11. The van der Waals surface area contributed by atoms with Crippen LogP contribution in [0.25, 0.3) is 0 Å². The molecule has 4 nitrogen and oxygen atoms in total. The normalized spacial score (nSPS) is 32.5. The fourth-order valence-corrected chi connectivity index (χ4v) is 4.72. The van der Waals surface area contributed by atoms with E-state index in [1.807, 2.05) is 0 Å². The number of fused-ring (bicyclic) bond motifs is 1. The van der Waals surface area contributed by atoms with E-state index in [1.54, 1.807) is 7.11 Å². The van der Waals surface area contributed by atoms with Gasteiger partial charge in [0.2, 0.25) is 5.91 Å². The Bertz CT molecular complexity index is 360. The molecular weight excluding hydrogens is 264 g/mol. The van der Waals surface area contributed by atoms with Gasteiger partial charge in [0.25, 0.3) is 0 Å². The van der Waals surface area contributed by atoms with Gasteiger partial charge < -0.3 is 15.0 Å². The van der Waals surface area contributed by atoms with Crippen LogP contribution < -0.4 is 5.32 Å². The van der Waals surface area contributed by atoms with Crippen molar-refractivity contribution in [2.45, 2.75) is 44.9 Å². The zero-order valence-electron chi connectivity index (χ0n) is 13.4. The molecule has 0 aromatic carbocycles. The van der Waals surface area contributed by atoms with Crippen LogP contribution >= 0.6 is 0 Å². The maximum absolute atomic E-state index is 13.2. The number of hydrogen-bond acceptors (Lipinski definition) is 3. The second-order valence-corrected chi connectivity index (χ2v) is 7.31. The topological polar surface area (TPSA) is 41.6 Å². The van der Waals surface area contributed by atoms with Crippen molar-refractivity contribution in [3.63, 3.8) is 0 Å². The van der Waals surface area contributed by atoms with E-state index in [9.17, 15) is 4.79 Å². The quantitative estimate of drug-likeness (QED) is 0.866. The van der Waals surface area contributed by atoms with Crippen molar-refractivity contribution in [1.82, 2.24) is 10.2 Å². The molecule has 21 heavy (non-hydrogen) atoms. The first-order chi connectivity index (χ1) is 10.2. The van der Waals surface area contributed by atoms with Gasteiger partial charge in [-0.1, -0.05) is 19.3 Å². The van der Waals surface area contributed by atoms with E-state index in [2.05, 4.69) is 10.2 Å². The minimum atomic E-state index is -0.262. The van der Waals surface area contributed by atoms with Crippen molar-refractivity contribution < 1.29 is 9.53 Å². The molecule has 0 radical (unpaired) electrons. The van der Waals surface area contributed by atoms with Crippen LogP contribution in [0.5, 0.6) is 0 Å². The van der Waals surface area contributed by atoms with Crippen molar-refractivity contribution in [3.8, 4) is 0 Å². The van der Waals surface area contributed by atoms with Gasteiger partial charge in [-0.15, -0.1) is 0 Å². The highest BCUT2D eigenvalue weighted by Crippen LogP contribution is 2.39. The van der Waals surface area contributed by atoms with Crippen LogP contribution in [-0.2, 0) is 9.53 Å². The van der Waals surface area contributed by atoms with E-state index in [0.717, 1.165) is 50.9 Å². The van der Waals surface area contributed by atoms with E-state index in [1.165, 1.54) is 32.1 Å². The highest BCUT2D eigenvalue weighted by molar-refractivity contribution is 5.83. The third-order valence-corrected chi connectivity index (χ3v) is 6.01. The Morgan fingerprint density at radius 3 is 2.62 bits per heavy atom. The molecule has 1 aliphatic carbocycles. The third-order valence-electron chi connectivity index (χ3n) is 6.01. The Kier molecular flexibility index (Phi) is 4.85. The summed E-state index contributed by atoms with van der Waals surface area (Å²) in [6.45, 7) is 4.43. The minimum Gasteiger partial charge on any atom is -0.384 e. The Labute approximate surface area is 128 Å². The number of piperidine rings is 2. The molecule has 2 saturated heterocycles. The van der Waals surface area contributed by atoms with E-state index in [-0.39, 0.29) is 5.41 Å². The molecule has 3 fully saturated rings. The van der Waals surface area contributed by atoms with E-state index in [4.69, 9.17) is 4.74 Å². The van der Waals surface area contributed by atoms with Crippen molar-refractivity contribution in [3.05, 3.63) is 0 Å². The number of carbonyl (C=O) groups is 1. The van der Waals surface area contributed by atoms with E-state index < -0.39 is 0 Å².